The molecule has 1 aromatic carbocycles. The van der Waals surface area contributed by atoms with E-state index >= 15 is 0 Å². The second kappa shape index (κ2) is 5.32. The van der Waals surface area contributed by atoms with Crippen LogP contribution in [0.2, 0.25) is 0 Å². The second-order valence-corrected chi connectivity index (χ2v) is 5.88. The van der Waals surface area contributed by atoms with Crippen molar-refractivity contribution in [1.82, 2.24) is 15.1 Å². The third-order valence-corrected chi connectivity index (χ3v) is 2.92. The van der Waals surface area contributed by atoms with Crippen molar-refractivity contribution >= 4 is 0 Å². The second-order valence-electron chi connectivity index (χ2n) is 5.88. The van der Waals surface area contributed by atoms with Crippen molar-refractivity contribution < 1.29 is 8.78 Å². The molecule has 0 spiro atoms. The zero-order valence-electron chi connectivity index (χ0n) is 12.2. The Balaban J connectivity index is 2.39. The highest BCUT2D eigenvalue weighted by atomic mass is 19.2. The lowest BCUT2D eigenvalue weighted by Crippen LogP contribution is -2.35. The van der Waals surface area contributed by atoms with Gasteiger partial charge >= 0.3 is 0 Å². The molecule has 0 radical (unpaired) electrons. The maximum absolute atomic E-state index is 13.9. The zero-order chi connectivity index (χ0) is 14.9. The van der Waals surface area contributed by atoms with E-state index in [4.69, 9.17) is 0 Å². The molecule has 0 saturated carbocycles. The predicted octanol–water partition coefficient (Wildman–Crippen LogP) is 3.25. The Morgan fingerprint density at radius 2 is 1.95 bits per heavy atom. The van der Waals surface area contributed by atoms with Crippen molar-refractivity contribution in [1.29, 1.82) is 0 Å². The first-order valence-electron chi connectivity index (χ1n) is 6.50. The zero-order valence-corrected chi connectivity index (χ0v) is 12.2. The number of nitrogens with one attached hydrogen (secondary N) is 1. The number of halogens is 2. The van der Waals surface area contributed by atoms with Crippen molar-refractivity contribution in [3.8, 4) is 11.3 Å². The van der Waals surface area contributed by atoms with Gasteiger partial charge in [0.2, 0.25) is 0 Å². The van der Waals surface area contributed by atoms with E-state index in [2.05, 4.69) is 10.4 Å². The number of aryl methyl sites for hydroxylation is 1. The molecule has 1 aromatic heterocycles. The van der Waals surface area contributed by atoms with Gasteiger partial charge in [-0.3, -0.25) is 4.68 Å². The fraction of sp³-hybridized carbons (Fsp3) is 0.400. The highest BCUT2D eigenvalue weighted by molar-refractivity contribution is 5.63. The van der Waals surface area contributed by atoms with Gasteiger partial charge in [0.1, 0.15) is 0 Å². The number of hydrogen-bond donors (Lipinski definition) is 1. The molecule has 2 rings (SSSR count). The van der Waals surface area contributed by atoms with Crippen LogP contribution < -0.4 is 5.32 Å². The molecule has 1 N–H and O–H groups in total. The van der Waals surface area contributed by atoms with E-state index in [0.717, 1.165) is 11.6 Å². The molecule has 5 heteroatoms. The Morgan fingerprint density at radius 1 is 1.25 bits per heavy atom. The number of benzene rings is 1. The van der Waals surface area contributed by atoms with Gasteiger partial charge in [0.05, 0.1) is 5.69 Å². The number of nitrogens with zero attached hydrogens (tertiary/aromatic N) is 2. The van der Waals surface area contributed by atoms with Crippen LogP contribution in [0.5, 0.6) is 0 Å². The summed E-state index contributed by atoms with van der Waals surface area (Å²) in [7, 11) is 1.77. The lowest BCUT2D eigenvalue weighted by Gasteiger charge is -2.20. The number of aromatic nitrogens is 2. The molecule has 0 fully saturated rings. The molecule has 0 saturated heterocycles. The summed E-state index contributed by atoms with van der Waals surface area (Å²) in [5.41, 5.74) is 1.44. The first-order valence-corrected chi connectivity index (χ1v) is 6.50. The Morgan fingerprint density at radius 3 is 2.60 bits per heavy atom. The van der Waals surface area contributed by atoms with Crippen LogP contribution in [0.4, 0.5) is 8.78 Å². The van der Waals surface area contributed by atoms with Crippen molar-refractivity contribution in [3.05, 3.63) is 41.6 Å². The van der Waals surface area contributed by atoms with Crippen LogP contribution >= 0.6 is 0 Å². The molecule has 3 nitrogen and oxygen atoms in total. The van der Waals surface area contributed by atoms with E-state index in [9.17, 15) is 8.78 Å². The van der Waals surface area contributed by atoms with Crippen molar-refractivity contribution in [3.63, 3.8) is 0 Å². The van der Waals surface area contributed by atoms with E-state index in [-0.39, 0.29) is 11.1 Å². The maximum atomic E-state index is 13.9. The summed E-state index contributed by atoms with van der Waals surface area (Å²) in [6, 6.07) is 4.14. The van der Waals surface area contributed by atoms with Crippen LogP contribution in [0.1, 0.15) is 26.3 Å². The molecular weight excluding hydrogens is 260 g/mol. The van der Waals surface area contributed by atoms with Gasteiger partial charge in [-0.1, -0.05) is 6.07 Å². The number of hydrogen-bond acceptors (Lipinski definition) is 2. The molecule has 0 atom stereocenters. The quantitative estimate of drug-likeness (QED) is 0.934. The van der Waals surface area contributed by atoms with E-state index < -0.39 is 11.6 Å². The fourth-order valence-electron chi connectivity index (χ4n) is 1.94. The lowest BCUT2D eigenvalue weighted by atomic mass is 10.1. The molecule has 20 heavy (non-hydrogen) atoms. The standard InChI is InChI=1S/C15H19F2N3/c1-15(2,3)18-8-10-9-20(4)19-14(10)11-6-5-7-12(16)13(11)17/h5-7,9,18H,8H2,1-4H3. The smallest absolute Gasteiger partial charge is 0.168 e. The topological polar surface area (TPSA) is 29.9 Å². The summed E-state index contributed by atoms with van der Waals surface area (Å²) >= 11 is 0. The fourth-order valence-corrected chi connectivity index (χ4v) is 1.94. The minimum absolute atomic E-state index is 0.0619. The van der Waals surface area contributed by atoms with Crippen molar-refractivity contribution in [2.75, 3.05) is 0 Å². The summed E-state index contributed by atoms with van der Waals surface area (Å²) in [6.45, 7) is 6.69. The normalized spacial score (nSPS) is 11.9. The molecule has 108 valence electrons. The predicted molar refractivity (Wildman–Crippen MR) is 75.2 cm³/mol. The Labute approximate surface area is 117 Å². The van der Waals surface area contributed by atoms with Crippen LogP contribution in [0.15, 0.2) is 24.4 Å². The van der Waals surface area contributed by atoms with Gasteiger partial charge in [-0.05, 0) is 32.9 Å². The van der Waals surface area contributed by atoms with Gasteiger partial charge in [-0.25, -0.2) is 8.78 Å². The minimum Gasteiger partial charge on any atom is -0.308 e. The monoisotopic (exact) mass is 279 g/mol. The highest BCUT2D eigenvalue weighted by Gasteiger charge is 2.18. The molecule has 0 bridgehead atoms. The van der Waals surface area contributed by atoms with Crippen LogP contribution in [0, 0.1) is 11.6 Å². The first kappa shape index (κ1) is 14.7. The van der Waals surface area contributed by atoms with Gasteiger partial charge in [0.25, 0.3) is 0 Å². The maximum Gasteiger partial charge on any atom is 0.168 e. The van der Waals surface area contributed by atoms with Crippen LogP contribution in [-0.4, -0.2) is 15.3 Å². The molecule has 0 amide bonds. The molecular formula is C15H19F2N3. The van der Waals surface area contributed by atoms with Crippen LogP contribution in [-0.2, 0) is 13.6 Å². The average Bonchev–Trinajstić information content (AvgIpc) is 2.70. The minimum atomic E-state index is -0.858. The molecule has 0 aliphatic rings. The third-order valence-electron chi connectivity index (χ3n) is 2.92. The summed E-state index contributed by atoms with van der Waals surface area (Å²) in [6.07, 6.45) is 1.82. The number of rotatable bonds is 3. The van der Waals surface area contributed by atoms with Crippen molar-refractivity contribution in [2.45, 2.75) is 32.9 Å². The Kier molecular flexibility index (Phi) is 3.90. The van der Waals surface area contributed by atoms with E-state index in [1.165, 1.54) is 6.07 Å². The molecule has 0 unspecified atom stereocenters. The molecule has 0 aliphatic carbocycles. The lowest BCUT2D eigenvalue weighted by molar-refractivity contribution is 0.424. The van der Waals surface area contributed by atoms with Gasteiger partial charge in [-0.15, -0.1) is 0 Å². The first-order chi connectivity index (χ1) is 9.28. The van der Waals surface area contributed by atoms with E-state index in [1.54, 1.807) is 17.8 Å². The largest absolute Gasteiger partial charge is 0.308 e. The van der Waals surface area contributed by atoms with Crippen molar-refractivity contribution in [2.24, 2.45) is 7.05 Å². The SMILES string of the molecule is Cn1cc(CNC(C)(C)C)c(-c2cccc(F)c2F)n1. The van der Waals surface area contributed by atoms with Gasteiger partial charge in [0.15, 0.2) is 11.6 Å². The highest BCUT2D eigenvalue weighted by Crippen LogP contribution is 2.26. The van der Waals surface area contributed by atoms with Gasteiger partial charge in [-0.2, -0.15) is 5.10 Å². The summed E-state index contributed by atoms with van der Waals surface area (Å²) in [4.78, 5) is 0. The molecule has 2 aromatic rings. The van der Waals surface area contributed by atoms with Gasteiger partial charge in [0, 0.05) is 36.5 Å². The van der Waals surface area contributed by atoms with Crippen LogP contribution in [0.25, 0.3) is 11.3 Å². The summed E-state index contributed by atoms with van der Waals surface area (Å²) in [5, 5.41) is 7.58. The van der Waals surface area contributed by atoms with Crippen LogP contribution in [0.3, 0.4) is 0 Å². The van der Waals surface area contributed by atoms with E-state index in [0.29, 0.717) is 12.2 Å². The third kappa shape index (κ3) is 3.22. The van der Waals surface area contributed by atoms with E-state index in [1.807, 2.05) is 27.0 Å². The summed E-state index contributed by atoms with van der Waals surface area (Å²) in [5.74, 6) is -1.72. The molecule has 0 aliphatic heterocycles. The average molecular weight is 279 g/mol. The Hall–Kier alpha value is -1.75. The summed E-state index contributed by atoms with van der Waals surface area (Å²) < 4.78 is 28.9. The molecule has 1 heterocycles. The Bertz CT molecular complexity index is 612. The van der Waals surface area contributed by atoms with Gasteiger partial charge < -0.3 is 5.32 Å².